The Bertz CT molecular complexity index is 468. The summed E-state index contributed by atoms with van der Waals surface area (Å²) in [5.41, 5.74) is 6.84. The Hall–Kier alpha value is -1.30. The number of likely N-dealkylation sites (N-methyl/N-ethyl adjacent to an activating group) is 1. The Morgan fingerprint density at radius 3 is 2.70 bits per heavy atom. The number of nitrogen functional groups attached to an aromatic ring is 1. The van der Waals surface area contributed by atoms with Gasteiger partial charge in [0.25, 0.3) is 0 Å². The highest BCUT2D eigenvalue weighted by molar-refractivity contribution is 6.31. The molecular weight excluding hydrogens is 278 g/mol. The number of rotatable bonds is 6. The van der Waals surface area contributed by atoms with Gasteiger partial charge in [0.05, 0.1) is 24.0 Å². The SMILES string of the molecule is COCC(C)N(C)C(C)C(=O)Nc1ccc(Cl)cc1N. The van der Waals surface area contributed by atoms with Gasteiger partial charge in [-0.3, -0.25) is 9.69 Å². The second kappa shape index (κ2) is 7.47. The van der Waals surface area contributed by atoms with Crippen molar-refractivity contribution in [2.45, 2.75) is 25.9 Å². The zero-order valence-corrected chi connectivity index (χ0v) is 13.1. The molecule has 0 aliphatic heterocycles. The van der Waals surface area contributed by atoms with Crippen molar-refractivity contribution in [3.63, 3.8) is 0 Å². The third-order valence-corrected chi connectivity index (χ3v) is 3.60. The maximum Gasteiger partial charge on any atom is 0.241 e. The van der Waals surface area contributed by atoms with E-state index in [2.05, 4.69) is 5.32 Å². The molecule has 2 unspecified atom stereocenters. The molecule has 6 heteroatoms. The van der Waals surface area contributed by atoms with Gasteiger partial charge in [0.1, 0.15) is 0 Å². The maximum atomic E-state index is 12.2. The predicted octanol–water partition coefficient (Wildman–Crippen LogP) is 2.22. The van der Waals surface area contributed by atoms with Crippen molar-refractivity contribution in [3.8, 4) is 0 Å². The van der Waals surface area contributed by atoms with E-state index in [1.54, 1.807) is 25.3 Å². The summed E-state index contributed by atoms with van der Waals surface area (Å²) in [5.74, 6) is -0.121. The molecule has 1 rings (SSSR count). The van der Waals surface area contributed by atoms with Crippen molar-refractivity contribution >= 4 is 28.9 Å². The quantitative estimate of drug-likeness (QED) is 0.790. The fourth-order valence-corrected chi connectivity index (χ4v) is 1.99. The molecule has 0 heterocycles. The van der Waals surface area contributed by atoms with E-state index in [1.807, 2.05) is 25.8 Å². The van der Waals surface area contributed by atoms with Gasteiger partial charge >= 0.3 is 0 Å². The molecule has 2 atom stereocenters. The lowest BCUT2D eigenvalue weighted by molar-refractivity contribution is -0.121. The van der Waals surface area contributed by atoms with Crippen LogP contribution in [0.15, 0.2) is 18.2 Å². The number of carbonyl (C=O) groups excluding carboxylic acids is 1. The van der Waals surface area contributed by atoms with Gasteiger partial charge in [-0.05, 0) is 39.1 Å². The first kappa shape index (κ1) is 16.8. The van der Waals surface area contributed by atoms with Crippen LogP contribution < -0.4 is 11.1 Å². The third kappa shape index (κ3) is 4.37. The lowest BCUT2D eigenvalue weighted by Crippen LogP contribution is -2.45. The summed E-state index contributed by atoms with van der Waals surface area (Å²) in [4.78, 5) is 14.2. The molecular formula is C14H22ClN3O2. The van der Waals surface area contributed by atoms with Crippen LogP contribution in [0.3, 0.4) is 0 Å². The van der Waals surface area contributed by atoms with Crippen molar-refractivity contribution in [2.75, 3.05) is 31.8 Å². The van der Waals surface area contributed by atoms with Crippen LogP contribution in [0.4, 0.5) is 11.4 Å². The fraction of sp³-hybridized carbons (Fsp3) is 0.500. The molecule has 0 aliphatic rings. The van der Waals surface area contributed by atoms with Gasteiger partial charge in [-0.2, -0.15) is 0 Å². The number of hydrogen-bond acceptors (Lipinski definition) is 4. The normalized spacial score (nSPS) is 14.1. The topological polar surface area (TPSA) is 67.6 Å². The number of nitrogens with zero attached hydrogens (tertiary/aromatic N) is 1. The van der Waals surface area contributed by atoms with Crippen molar-refractivity contribution in [1.29, 1.82) is 0 Å². The minimum absolute atomic E-state index is 0.121. The van der Waals surface area contributed by atoms with Crippen molar-refractivity contribution in [1.82, 2.24) is 4.90 Å². The van der Waals surface area contributed by atoms with Crippen LogP contribution in [0.5, 0.6) is 0 Å². The second-order valence-electron chi connectivity index (χ2n) is 4.87. The molecule has 3 N–H and O–H groups in total. The van der Waals surface area contributed by atoms with Crippen molar-refractivity contribution in [2.24, 2.45) is 0 Å². The van der Waals surface area contributed by atoms with Crippen LogP contribution >= 0.6 is 11.6 Å². The molecule has 0 spiro atoms. The van der Waals surface area contributed by atoms with Gasteiger partial charge in [-0.25, -0.2) is 0 Å². The molecule has 0 radical (unpaired) electrons. The highest BCUT2D eigenvalue weighted by atomic mass is 35.5. The molecule has 0 bridgehead atoms. The Balaban J connectivity index is 2.70. The minimum Gasteiger partial charge on any atom is -0.397 e. The molecule has 1 aromatic carbocycles. The number of hydrogen-bond donors (Lipinski definition) is 2. The van der Waals surface area contributed by atoms with E-state index in [1.165, 1.54) is 0 Å². The van der Waals surface area contributed by atoms with Crippen LogP contribution in [0.2, 0.25) is 5.02 Å². The van der Waals surface area contributed by atoms with Gasteiger partial charge in [0, 0.05) is 18.2 Å². The zero-order chi connectivity index (χ0) is 15.3. The van der Waals surface area contributed by atoms with Gasteiger partial charge in [-0.15, -0.1) is 0 Å². The number of halogens is 1. The van der Waals surface area contributed by atoms with Gasteiger partial charge < -0.3 is 15.8 Å². The summed E-state index contributed by atoms with van der Waals surface area (Å²) in [6.45, 7) is 4.41. The number of amides is 1. The smallest absolute Gasteiger partial charge is 0.241 e. The lowest BCUT2D eigenvalue weighted by atomic mass is 10.2. The van der Waals surface area contributed by atoms with E-state index in [4.69, 9.17) is 22.1 Å². The number of carbonyl (C=O) groups is 1. The molecule has 0 aromatic heterocycles. The van der Waals surface area contributed by atoms with E-state index >= 15 is 0 Å². The summed E-state index contributed by atoms with van der Waals surface area (Å²) in [5, 5.41) is 3.35. The molecule has 112 valence electrons. The summed E-state index contributed by atoms with van der Waals surface area (Å²) >= 11 is 5.83. The molecule has 0 aliphatic carbocycles. The van der Waals surface area contributed by atoms with E-state index in [-0.39, 0.29) is 18.0 Å². The van der Waals surface area contributed by atoms with E-state index in [0.717, 1.165) is 0 Å². The van der Waals surface area contributed by atoms with Crippen LogP contribution in [0.1, 0.15) is 13.8 Å². The molecule has 0 fully saturated rings. The largest absolute Gasteiger partial charge is 0.397 e. The summed E-state index contributed by atoms with van der Waals surface area (Å²) < 4.78 is 5.10. The number of nitrogens with two attached hydrogens (primary N) is 1. The standard InChI is InChI=1S/C14H22ClN3O2/c1-9(8-20-4)18(3)10(2)14(19)17-13-6-5-11(15)7-12(13)16/h5-7,9-10H,8,16H2,1-4H3,(H,17,19). The molecule has 5 nitrogen and oxygen atoms in total. The first-order chi connectivity index (χ1) is 9.36. The number of methoxy groups -OCH3 is 1. The third-order valence-electron chi connectivity index (χ3n) is 3.36. The number of ether oxygens (including phenoxy) is 1. The van der Waals surface area contributed by atoms with E-state index < -0.39 is 0 Å². The van der Waals surface area contributed by atoms with Gasteiger partial charge in [0.15, 0.2) is 0 Å². The number of nitrogens with one attached hydrogen (secondary N) is 1. The average Bonchev–Trinajstić information content (AvgIpc) is 2.40. The summed E-state index contributed by atoms with van der Waals surface area (Å²) in [6, 6.07) is 4.84. The fourth-order valence-electron chi connectivity index (χ4n) is 1.81. The van der Waals surface area contributed by atoms with Gasteiger partial charge in [0.2, 0.25) is 5.91 Å². The first-order valence-corrected chi connectivity index (χ1v) is 6.81. The van der Waals surface area contributed by atoms with Crippen LogP contribution in [-0.2, 0) is 9.53 Å². The van der Waals surface area contributed by atoms with Crippen LogP contribution in [0, 0.1) is 0 Å². The molecule has 1 amide bonds. The van der Waals surface area contributed by atoms with Crippen LogP contribution in [-0.4, -0.2) is 43.7 Å². The zero-order valence-electron chi connectivity index (χ0n) is 12.3. The highest BCUT2D eigenvalue weighted by Crippen LogP contribution is 2.23. The summed E-state index contributed by atoms with van der Waals surface area (Å²) in [6.07, 6.45) is 0. The van der Waals surface area contributed by atoms with Gasteiger partial charge in [-0.1, -0.05) is 11.6 Å². The lowest BCUT2D eigenvalue weighted by Gasteiger charge is -2.29. The predicted molar refractivity (Wildman–Crippen MR) is 83.1 cm³/mol. The molecule has 0 saturated heterocycles. The van der Waals surface area contributed by atoms with E-state index in [9.17, 15) is 4.79 Å². The Labute approximate surface area is 125 Å². The van der Waals surface area contributed by atoms with Crippen molar-refractivity contribution in [3.05, 3.63) is 23.2 Å². The highest BCUT2D eigenvalue weighted by Gasteiger charge is 2.22. The average molecular weight is 300 g/mol. The number of benzene rings is 1. The number of anilines is 2. The molecule has 0 saturated carbocycles. The second-order valence-corrected chi connectivity index (χ2v) is 5.30. The summed E-state index contributed by atoms with van der Waals surface area (Å²) in [7, 11) is 3.53. The molecule has 20 heavy (non-hydrogen) atoms. The monoisotopic (exact) mass is 299 g/mol. The first-order valence-electron chi connectivity index (χ1n) is 6.43. The Kier molecular flexibility index (Phi) is 6.26. The van der Waals surface area contributed by atoms with Crippen LogP contribution in [0.25, 0.3) is 0 Å². The van der Waals surface area contributed by atoms with Crippen molar-refractivity contribution < 1.29 is 9.53 Å². The maximum absolute atomic E-state index is 12.2. The molecule has 1 aromatic rings. The minimum atomic E-state index is -0.296. The Morgan fingerprint density at radius 1 is 1.50 bits per heavy atom. The Morgan fingerprint density at radius 2 is 2.15 bits per heavy atom. The van der Waals surface area contributed by atoms with E-state index in [0.29, 0.717) is 23.0 Å².